The van der Waals surface area contributed by atoms with Crippen molar-refractivity contribution in [3.8, 4) is 0 Å². The van der Waals surface area contributed by atoms with Gasteiger partial charge in [0.15, 0.2) is 0 Å². The van der Waals surface area contributed by atoms with Gasteiger partial charge < -0.3 is 15.2 Å². The molecule has 1 unspecified atom stereocenters. The fourth-order valence-electron chi connectivity index (χ4n) is 1.41. The first-order valence-electron chi connectivity index (χ1n) is 5.78. The van der Waals surface area contributed by atoms with Crippen LogP contribution in [0, 0.1) is 5.82 Å². The quantitative estimate of drug-likeness (QED) is 0.899. The van der Waals surface area contributed by atoms with E-state index in [0.29, 0.717) is 5.56 Å². The molecule has 0 saturated carbocycles. The summed E-state index contributed by atoms with van der Waals surface area (Å²) in [6.45, 7) is 4.85. The first kappa shape index (κ1) is 15.7. The van der Waals surface area contributed by atoms with Crippen LogP contribution in [0.15, 0.2) is 18.2 Å². The molecule has 1 atom stereocenters. The first-order chi connectivity index (χ1) is 8.73. The zero-order valence-corrected chi connectivity index (χ0v) is 11.8. The number of halogens is 2. The van der Waals surface area contributed by atoms with Crippen LogP contribution in [0.5, 0.6) is 0 Å². The number of nitrogens with one attached hydrogen (secondary N) is 1. The number of rotatable bonds is 3. The number of carbonyl (C=O) groups excluding carboxylic acids is 1. The van der Waals surface area contributed by atoms with Crippen LogP contribution in [0.2, 0.25) is 5.02 Å². The van der Waals surface area contributed by atoms with E-state index in [1.165, 1.54) is 18.2 Å². The van der Waals surface area contributed by atoms with Gasteiger partial charge in [0.2, 0.25) is 0 Å². The lowest BCUT2D eigenvalue weighted by Crippen LogP contribution is -2.36. The van der Waals surface area contributed by atoms with Crippen LogP contribution < -0.4 is 5.32 Å². The van der Waals surface area contributed by atoms with Crippen molar-refractivity contribution in [3.63, 3.8) is 0 Å². The molecule has 0 saturated heterocycles. The zero-order chi connectivity index (χ0) is 14.6. The van der Waals surface area contributed by atoms with Crippen LogP contribution in [0.4, 0.5) is 9.18 Å². The summed E-state index contributed by atoms with van der Waals surface area (Å²) >= 11 is 5.66. The van der Waals surface area contributed by atoms with Gasteiger partial charge >= 0.3 is 6.09 Å². The van der Waals surface area contributed by atoms with E-state index in [9.17, 15) is 14.3 Å². The maximum Gasteiger partial charge on any atom is 0.408 e. The number of amides is 1. The number of ether oxygens (including phenoxy) is 1. The molecule has 0 aliphatic rings. The van der Waals surface area contributed by atoms with E-state index in [2.05, 4.69) is 5.32 Å². The van der Waals surface area contributed by atoms with Gasteiger partial charge in [-0.15, -0.1) is 0 Å². The molecule has 6 heteroatoms. The molecule has 106 valence electrons. The molecule has 0 bridgehead atoms. The van der Waals surface area contributed by atoms with Gasteiger partial charge in [-0.2, -0.15) is 0 Å². The minimum atomic E-state index is -0.701. The predicted octanol–water partition coefficient (Wildman–Crippen LogP) is 3.04. The average Bonchev–Trinajstić information content (AvgIpc) is 2.27. The van der Waals surface area contributed by atoms with Gasteiger partial charge in [-0.25, -0.2) is 9.18 Å². The Labute approximate surface area is 116 Å². The minimum absolute atomic E-state index is 0.0676. The molecule has 0 fully saturated rings. The van der Waals surface area contributed by atoms with Gasteiger partial charge in [-0.1, -0.05) is 17.7 Å². The molecular weight excluding hydrogens is 273 g/mol. The molecular formula is C13H17ClFNO3. The van der Waals surface area contributed by atoms with Crippen molar-refractivity contribution in [2.45, 2.75) is 32.4 Å². The fourth-order valence-corrected chi connectivity index (χ4v) is 1.60. The van der Waals surface area contributed by atoms with Crippen molar-refractivity contribution >= 4 is 17.7 Å². The summed E-state index contributed by atoms with van der Waals surface area (Å²) in [4.78, 5) is 11.6. The van der Waals surface area contributed by atoms with Crippen molar-refractivity contribution in [3.05, 3.63) is 34.6 Å². The van der Waals surface area contributed by atoms with E-state index < -0.39 is 23.6 Å². The lowest BCUT2D eigenvalue weighted by atomic mass is 10.1. The summed E-state index contributed by atoms with van der Waals surface area (Å²) in [6.07, 6.45) is -0.660. The molecule has 0 radical (unpaired) electrons. The Morgan fingerprint density at radius 2 is 2.16 bits per heavy atom. The minimum Gasteiger partial charge on any atom is -0.444 e. The second-order valence-corrected chi connectivity index (χ2v) is 5.46. The van der Waals surface area contributed by atoms with Crippen LogP contribution >= 0.6 is 11.6 Å². The van der Waals surface area contributed by atoms with E-state index in [4.69, 9.17) is 16.3 Å². The van der Waals surface area contributed by atoms with Crippen molar-refractivity contribution in [2.75, 3.05) is 6.61 Å². The van der Waals surface area contributed by atoms with E-state index in [1.54, 1.807) is 20.8 Å². The summed E-state index contributed by atoms with van der Waals surface area (Å²) in [5.41, 5.74) is -0.135. The molecule has 0 aliphatic carbocycles. The average molecular weight is 290 g/mol. The van der Waals surface area contributed by atoms with E-state index in [1.807, 2.05) is 0 Å². The maximum absolute atomic E-state index is 13.0. The molecule has 1 rings (SSSR count). The van der Waals surface area contributed by atoms with Crippen LogP contribution in [-0.2, 0) is 4.74 Å². The second-order valence-electron chi connectivity index (χ2n) is 5.05. The molecule has 1 aromatic carbocycles. The number of benzene rings is 1. The van der Waals surface area contributed by atoms with Gasteiger partial charge in [-0.3, -0.25) is 0 Å². The first-order valence-corrected chi connectivity index (χ1v) is 6.16. The molecule has 1 amide bonds. The monoisotopic (exact) mass is 289 g/mol. The van der Waals surface area contributed by atoms with Gasteiger partial charge in [0.05, 0.1) is 17.7 Å². The van der Waals surface area contributed by atoms with Gasteiger partial charge in [0.25, 0.3) is 0 Å². The van der Waals surface area contributed by atoms with Crippen LogP contribution in [0.25, 0.3) is 0 Å². The van der Waals surface area contributed by atoms with Gasteiger partial charge in [-0.05, 0) is 38.5 Å². The van der Waals surface area contributed by atoms with E-state index >= 15 is 0 Å². The zero-order valence-electron chi connectivity index (χ0n) is 11.0. The highest BCUT2D eigenvalue weighted by molar-refractivity contribution is 6.30. The molecule has 19 heavy (non-hydrogen) atoms. The summed E-state index contributed by atoms with van der Waals surface area (Å²) < 4.78 is 18.1. The number of hydrogen-bond donors (Lipinski definition) is 2. The highest BCUT2D eigenvalue weighted by atomic mass is 35.5. The number of carbonyl (C=O) groups is 1. The number of aliphatic hydroxyl groups is 1. The molecule has 4 nitrogen and oxygen atoms in total. The fraction of sp³-hybridized carbons (Fsp3) is 0.462. The van der Waals surface area contributed by atoms with E-state index in [-0.39, 0.29) is 11.6 Å². The molecule has 0 heterocycles. The number of alkyl carbamates (subject to hydrolysis) is 1. The third-order valence-corrected chi connectivity index (χ3v) is 2.51. The standard InChI is InChI=1S/C13H17ClFNO3/c1-13(2,3)19-12(18)16-11(7-17)8-4-5-10(15)9(14)6-8/h4-6,11,17H,7H2,1-3H3,(H,16,18). The third kappa shape index (κ3) is 5.04. The molecule has 2 N–H and O–H groups in total. The smallest absolute Gasteiger partial charge is 0.408 e. The Hall–Kier alpha value is -1.33. The second kappa shape index (κ2) is 6.21. The van der Waals surface area contributed by atoms with Crippen molar-refractivity contribution in [1.29, 1.82) is 0 Å². The predicted molar refractivity (Wildman–Crippen MR) is 70.6 cm³/mol. The lowest BCUT2D eigenvalue weighted by Gasteiger charge is -2.23. The summed E-state index contributed by atoms with van der Waals surface area (Å²) in [5.74, 6) is -0.556. The third-order valence-electron chi connectivity index (χ3n) is 2.22. The van der Waals surface area contributed by atoms with Gasteiger partial charge in [0.1, 0.15) is 11.4 Å². The summed E-state index contributed by atoms with van der Waals surface area (Å²) in [6, 6.07) is 3.28. The number of aliphatic hydroxyl groups excluding tert-OH is 1. The Morgan fingerprint density at radius 1 is 1.53 bits per heavy atom. The van der Waals surface area contributed by atoms with Gasteiger partial charge in [0, 0.05) is 0 Å². The van der Waals surface area contributed by atoms with Crippen molar-refractivity contribution < 1.29 is 19.0 Å². The SMILES string of the molecule is CC(C)(C)OC(=O)NC(CO)c1ccc(F)c(Cl)c1. The molecule has 1 aromatic rings. The topological polar surface area (TPSA) is 58.6 Å². The van der Waals surface area contributed by atoms with Crippen LogP contribution in [0.1, 0.15) is 32.4 Å². The van der Waals surface area contributed by atoms with Crippen molar-refractivity contribution in [1.82, 2.24) is 5.32 Å². The Balaban J connectivity index is 2.78. The maximum atomic E-state index is 13.0. The highest BCUT2D eigenvalue weighted by Crippen LogP contribution is 2.21. The molecule has 0 spiro atoms. The molecule has 0 aliphatic heterocycles. The Kier molecular flexibility index (Phi) is 5.14. The summed E-state index contributed by atoms with van der Waals surface area (Å²) in [7, 11) is 0. The Bertz CT molecular complexity index is 460. The molecule has 0 aromatic heterocycles. The van der Waals surface area contributed by atoms with Crippen LogP contribution in [0.3, 0.4) is 0 Å². The largest absolute Gasteiger partial charge is 0.444 e. The highest BCUT2D eigenvalue weighted by Gasteiger charge is 2.20. The summed E-state index contributed by atoms with van der Waals surface area (Å²) in [5, 5.41) is 11.7. The van der Waals surface area contributed by atoms with E-state index in [0.717, 1.165) is 0 Å². The normalized spacial score (nSPS) is 12.9. The lowest BCUT2D eigenvalue weighted by molar-refractivity contribution is 0.0482. The Morgan fingerprint density at radius 3 is 2.63 bits per heavy atom. The van der Waals surface area contributed by atoms with Crippen molar-refractivity contribution in [2.24, 2.45) is 0 Å². The van der Waals surface area contributed by atoms with Crippen LogP contribution in [-0.4, -0.2) is 23.4 Å². The number of hydrogen-bond acceptors (Lipinski definition) is 3.